The number of carbonyl (C=O) groups excluding carboxylic acids is 3. The van der Waals surface area contributed by atoms with Crippen molar-refractivity contribution >= 4 is 29.1 Å². The number of rotatable bonds is 6. The van der Waals surface area contributed by atoms with Crippen molar-refractivity contribution in [2.75, 3.05) is 62.6 Å². The fraction of sp³-hybridized carbons (Fsp3) is 0.323. The zero-order valence-corrected chi connectivity index (χ0v) is 22.7. The van der Waals surface area contributed by atoms with Crippen LogP contribution in [0.5, 0.6) is 0 Å². The van der Waals surface area contributed by atoms with E-state index in [2.05, 4.69) is 15.5 Å². The van der Waals surface area contributed by atoms with E-state index in [1.807, 2.05) is 35.2 Å². The summed E-state index contributed by atoms with van der Waals surface area (Å²) in [6, 6.07) is 17.4. The molecule has 2 N–H and O–H groups in total. The lowest BCUT2D eigenvalue weighted by Gasteiger charge is -2.29. The molecule has 3 amide bonds. The van der Waals surface area contributed by atoms with Crippen molar-refractivity contribution in [1.82, 2.24) is 15.1 Å². The maximum atomic E-state index is 13.8. The van der Waals surface area contributed by atoms with Gasteiger partial charge in [0.25, 0.3) is 11.8 Å². The SMILES string of the molecule is O=C(Nc1cc(C(=O)N2CCNCC2)ccc1N1CCCN(C(=O)Cc2ccccc2)CC1)c1cc(F)cc(F)c1. The number of anilines is 2. The predicted octanol–water partition coefficient (Wildman–Crippen LogP) is 3.54. The maximum Gasteiger partial charge on any atom is 0.255 e. The lowest BCUT2D eigenvalue weighted by Crippen LogP contribution is -2.46. The molecule has 2 saturated heterocycles. The molecule has 0 unspecified atom stereocenters. The summed E-state index contributed by atoms with van der Waals surface area (Å²) in [5.41, 5.74) is 2.24. The fourth-order valence-electron chi connectivity index (χ4n) is 5.26. The van der Waals surface area contributed by atoms with Crippen LogP contribution in [0.4, 0.5) is 20.2 Å². The number of hydrogen-bond acceptors (Lipinski definition) is 5. The molecule has 0 aromatic heterocycles. The summed E-state index contributed by atoms with van der Waals surface area (Å²) in [5.74, 6) is -2.50. The zero-order valence-electron chi connectivity index (χ0n) is 22.7. The summed E-state index contributed by atoms with van der Waals surface area (Å²) >= 11 is 0. The summed E-state index contributed by atoms with van der Waals surface area (Å²) in [6.07, 6.45) is 1.04. The van der Waals surface area contributed by atoms with Crippen LogP contribution in [-0.2, 0) is 11.2 Å². The Morgan fingerprint density at radius 3 is 2.22 bits per heavy atom. The first-order valence-corrected chi connectivity index (χ1v) is 13.9. The minimum Gasteiger partial charge on any atom is -0.368 e. The van der Waals surface area contributed by atoms with Gasteiger partial charge < -0.3 is 25.3 Å². The molecular weight excluding hydrogens is 528 g/mol. The summed E-state index contributed by atoms with van der Waals surface area (Å²) in [5, 5.41) is 6.01. The van der Waals surface area contributed by atoms with Gasteiger partial charge in [0, 0.05) is 69.6 Å². The summed E-state index contributed by atoms with van der Waals surface area (Å²) in [6.45, 7) is 4.79. The quantitative estimate of drug-likeness (QED) is 0.481. The number of benzene rings is 3. The second-order valence-corrected chi connectivity index (χ2v) is 10.3. The van der Waals surface area contributed by atoms with Crippen molar-refractivity contribution in [3.05, 3.63) is 95.1 Å². The molecule has 0 bridgehead atoms. The van der Waals surface area contributed by atoms with E-state index in [-0.39, 0.29) is 17.4 Å². The van der Waals surface area contributed by atoms with Gasteiger partial charge in [-0.05, 0) is 42.3 Å². The van der Waals surface area contributed by atoms with Crippen LogP contribution in [0, 0.1) is 11.6 Å². The molecule has 10 heteroatoms. The maximum absolute atomic E-state index is 13.8. The summed E-state index contributed by atoms with van der Waals surface area (Å²) in [4.78, 5) is 45.0. The Morgan fingerprint density at radius 1 is 0.756 bits per heavy atom. The van der Waals surface area contributed by atoms with Gasteiger partial charge in [-0.25, -0.2) is 8.78 Å². The van der Waals surface area contributed by atoms with E-state index >= 15 is 0 Å². The van der Waals surface area contributed by atoms with Gasteiger partial charge in [0.05, 0.1) is 17.8 Å². The molecule has 2 heterocycles. The van der Waals surface area contributed by atoms with Gasteiger partial charge in [0.1, 0.15) is 11.6 Å². The van der Waals surface area contributed by atoms with E-state index in [1.54, 1.807) is 23.1 Å². The Labute approximate surface area is 237 Å². The number of carbonyl (C=O) groups is 3. The molecular formula is C31H33F2N5O3. The Bertz CT molecular complexity index is 1390. The number of halogens is 2. The lowest BCUT2D eigenvalue weighted by atomic mass is 10.1. The third-order valence-electron chi connectivity index (χ3n) is 7.41. The fourth-order valence-corrected chi connectivity index (χ4v) is 5.26. The lowest BCUT2D eigenvalue weighted by molar-refractivity contribution is -0.130. The molecule has 0 aliphatic carbocycles. The first kappa shape index (κ1) is 28.2. The van der Waals surface area contributed by atoms with Gasteiger partial charge in [-0.1, -0.05) is 30.3 Å². The molecule has 2 aliphatic rings. The highest BCUT2D eigenvalue weighted by molar-refractivity contribution is 6.07. The zero-order chi connectivity index (χ0) is 28.8. The molecule has 5 rings (SSSR count). The number of piperazine rings is 1. The van der Waals surface area contributed by atoms with Crippen molar-refractivity contribution < 1.29 is 23.2 Å². The van der Waals surface area contributed by atoms with Gasteiger partial charge in [0.15, 0.2) is 0 Å². The highest BCUT2D eigenvalue weighted by Gasteiger charge is 2.24. The second-order valence-electron chi connectivity index (χ2n) is 10.3. The normalized spacial score (nSPS) is 15.8. The Hall–Kier alpha value is -4.31. The van der Waals surface area contributed by atoms with Gasteiger partial charge in [0.2, 0.25) is 5.91 Å². The molecule has 0 radical (unpaired) electrons. The summed E-state index contributed by atoms with van der Waals surface area (Å²) in [7, 11) is 0. The number of nitrogens with zero attached hydrogens (tertiary/aromatic N) is 3. The Balaban J connectivity index is 1.37. The average molecular weight is 562 g/mol. The minimum atomic E-state index is -0.856. The minimum absolute atomic E-state index is 0.0525. The second kappa shape index (κ2) is 12.9. The molecule has 3 aromatic carbocycles. The van der Waals surface area contributed by atoms with Crippen molar-refractivity contribution in [1.29, 1.82) is 0 Å². The molecule has 0 spiro atoms. The number of hydrogen-bond donors (Lipinski definition) is 2. The van der Waals surface area contributed by atoms with Crippen LogP contribution >= 0.6 is 0 Å². The van der Waals surface area contributed by atoms with E-state index in [0.717, 1.165) is 17.7 Å². The van der Waals surface area contributed by atoms with E-state index in [9.17, 15) is 23.2 Å². The van der Waals surface area contributed by atoms with Crippen molar-refractivity contribution in [3.63, 3.8) is 0 Å². The molecule has 2 aliphatic heterocycles. The highest BCUT2D eigenvalue weighted by atomic mass is 19.1. The third-order valence-corrected chi connectivity index (χ3v) is 7.41. The molecule has 8 nitrogen and oxygen atoms in total. The van der Waals surface area contributed by atoms with Crippen LogP contribution in [0.1, 0.15) is 32.7 Å². The van der Waals surface area contributed by atoms with E-state index in [0.29, 0.717) is 88.2 Å². The first-order valence-electron chi connectivity index (χ1n) is 13.9. The van der Waals surface area contributed by atoms with Gasteiger partial charge in [-0.2, -0.15) is 0 Å². The van der Waals surface area contributed by atoms with E-state index < -0.39 is 17.5 Å². The standard InChI is InChI=1S/C31H33F2N5O3/c32-25-18-24(19-26(33)21-25)30(40)35-27-20-23(31(41)38-13-9-34-10-14-38)7-8-28(27)36-11-4-12-37(16-15-36)29(39)17-22-5-2-1-3-6-22/h1-3,5-8,18-21,34H,4,9-17H2,(H,35,40). The van der Waals surface area contributed by atoms with Crippen molar-refractivity contribution in [2.45, 2.75) is 12.8 Å². The van der Waals surface area contributed by atoms with Crippen LogP contribution in [0.25, 0.3) is 0 Å². The average Bonchev–Trinajstić information content (AvgIpc) is 3.24. The molecule has 41 heavy (non-hydrogen) atoms. The smallest absolute Gasteiger partial charge is 0.255 e. The van der Waals surface area contributed by atoms with Gasteiger partial charge in [-0.15, -0.1) is 0 Å². The number of amides is 3. The van der Waals surface area contributed by atoms with Crippen LogP contribution in [0.3, 0.4) is 0 Å². The van der Waals surface area contributed by atoms with Crippen molar-refractivity contribution in [2.24, 2.45) is 0 Å². The Kier molecular flexibility index (Phi) is 8.88. The third kappa shape index (κ3) is 7.07. The topological polar surface area (TPSA) is 85.0 Å². The Morgan fingerprint density at radius 2 is 1.49 bits per heavy atom. The highest BCUT2D eigenvalue weighted by Crippen LogP contribution is 2.30. The monoisotopic (exact) mass is 561 g/mol. The largest absolute Gasteiger partial charge is 0.368 e. The van der Waals surface area contributed by atoms with Gasteiger partial charge in [-0.3, -0.25) is 14.4 Å². The molecule has 2 fully saturated rings. The summed E-state index contributed by atoms with van der Waals surface area (Å²) < 4.78 is 27.7. The van der Waals surface area contributed by atoms with E-state index in [4.69, 9.17) is 0 Å². The van der Waals surface area contributed by atoms with Crippen LogP contribution in [-0.4, -0.2) is 79.9 Å². The first-order chi connectivity index (χ1) is 19.9. The van der Waals surface area contributed by atoms with E-state index in [1.165, 1.54) is 0 Å². The molecule has 0 atom stereocenters. The van der Waals surface area contributed by atoms with Crippen LogP contribution in [0.15, 0.2) is 66.7 Å². The van der Waals surface area contributed by atoms with Crippen molar-refractivity contribution in [3.8, 4) is 0 Å². The molecule has 3 aromatic rings. The van der Waals surface area contributed by atoms with Crippen LogP contribution in [0.2, 0.25) is 0 Å². The van der Waals surface area contributed by atoms with Gasteiger partial charge >= 0.3 is 0 Å². The molecule has 0 saturated carbocycles. The predicted molar refractivity (Wildman–Crippen MR) is 153 cm³/mol. The number of nitrogens with one attached hydrogen (secondary N) is 2. The van der Waals surface area contributed by atoms with Crippen LogP contribution < -0.4 is 15.5 Å². The molecule has 214 valence electrons.